The van der Waals surface area contributed by atoms with Gasteiger partial charge in [-0.1, -0.05) is 30.3 Å². The van der Waals surface area contributed by atoms with Gasteiger partial charge in [-0.3, -0.25) is 14.7 Å². The van der Waals surface area contributed by atoms with E-state index in [1.54, 1.807) is 4.90 Å². The maximum absolute atomic E-state index is 13.5. The summed E-state index contributed by atoms with van der Waals surface area (Å²) in [6.07, 6.45) is 0.889. The van der Waals surface area contributed by atoms with Gasteiger partial charge in [0.25, 0.3) is 0 Å². The number of nitrogens with one attached hydrogen (secondary N) is 1. The Morgan fingerprint density at radius 1 is 1.13 bits per heavy atom. The summed E-state index contributed by atoms with van der Waals surface area (Å²) in [5, 5.41) is 13.0. The number of anilines is 1. The molecule has 1 aliphatic heterocycles. The Morgan fingerprint density at radius 3 is 2.46 bits per heavy atom. The Balaban J connectivity index is 1.48. The van der Waals surface area contributed by atoms with Gasteiger partial charge in [-0.15, -0.1) is 9.38 Å². The van der Waals surface area contributed by atoms with Crippen molar-refractivity contribution in [2.75, 3.05) is 39.0 Å². The van der Waals surface area contributed by atoms with Crippen LogP contribution in [0.4, 0.5) is 5.95 Å². The number of aliphatic hydroxyl groups excluding tert-OH is 1. The summed E-state index contributed by atoms with van der Waals surface area (Å²) in [6, 6.07) is 13.7. The number of aromatic amines is 1. The minimum Gasteiger partial charge on any atom is -0.393 e. The molecule has 5 rings (SSSR count). The molecule has 0 saturated carbocycles. The van der Waals surface area contributed by atoms with Crippen LogP contribution in [-0.2, 0) is 11.3 Å². The number of pyridine rings is 1. The number of H-pyrrole nitrogens is 1. The van der Waals surface area contributed by atoms with Gasteiger partial charge in [-0.05, 0) is 51.4 Å². The van der Waals surface area contributed by atoms with Crippen molar-refractivity contribution < 1.29 is 14.3 Å². The Hall–Kier alpha value is -4.09. The highest BCUT2D eigenvalue weighted by Crippen LogP contribution is 2.33. The molecule has 0 aliphatic carbocycles. The third-order valence-corrected chi connectivity index (χ3v) is 7.16. The first-order valence-electron chi connectivity index (χ1n) is 13.2. The molecule has 4 aromatic rings. The number of nitrogen functional groups attached to an aromatic ring is 1. The molecule has 0 radical (unpaired) electrons. The SMILES string of the molecule is Cc1cc(-c2c(-c3ccccc3)nc(N)[n+]3c(=O)n(CCN(C)CC(=O)N4CCC(O)CC4)[nH]c23)cc(C)n1. The largest absolute Gasteiger partial charge is 0.428 e. The van der Waals surface area contributed by atoms with E-state index >= 15 is 0 Å². The average molecular weight is 532 g/mol. The van der Waals surface area contributed by atoms with Gasteiger partial charge in [-0.2, -0.15) is 4.68 Å². The van der Waals surface area contributed by atoms with E-state index in [1.807, 2.05) is 68.3 Å². The summed E-state index contributed by atoms with van der Waals surface area (Å²) in [4.78, 5) is 39.0. The van der Waals surface area contributed by atoms with Crippen LogP contribution in [0.15, 0.2) is 47.3 Å². The molecule has 0 spiro atoms. The van der Waals surface area contributed by atoms with E-state index in [1.165, 1.54) is 9.08 Å². The summed E-state index contributed by atoms with van der Waals surface area (Å²) >= 11 is 0. The molecule has 204 valence electrons. The fraction of sp³-hybridized carbons (Fsp3) is 0.393. The van der Waals surface area contributed by atoms with Crippen molar-refractivity contribution in [1.29, 1.82) is 0 Å². The number of amides is 1. The number of nitrogens with zero attached hydrogens (tertiary/aromatic N) is 6. The van der Waals surface area contributed by atoms with Gasteiger partial charge in [0, 0.05) is 36.6 Å². The van der Waals surface area contributed by atoms with Gasteiger partial charge in [0.2, 0.25) is 11.6 Å². The first-order chi connectivity index (χ1) is 18.7. The number of carbonyl (C=O) groups excluding carboxylic acids is 1. The summed E-state index contributed by atoms with van der Waals surface area (Å²) in [7, 11) is 1.86. The van der Waals surface area contributed by atoms with E-state index in [0.717, 1.165) is 28.1 Å². The topological polar surface area (TPSA) is 137 Å². The van der Waals surface area contributed by atoms with Crippen LogP contribution in [0, 0.1) is 13.8 Å². The maximum atomic E-state index is 13.5. The van der Waals surface area contributed by atoms with E-state index in [2.05, 4.69) is 15.1 Å². The van der Waals surface area contributed by atoms with E-state index in [0.29, 0.717) is 50.4 Å². The second kappa shape index (κ2) is 11.0. The number of likely N-dealkylation sites (N-methyl/N-ethyl adjacent to an activating group) is 1. The fourth-order valence-electron chi connectivity index (χ4n) is 5.16. The standard InChI is InChI=1S/C28H34N8O3/c1-18-15-21(16-19(2)30-18)24-25(20-7-5-4-6-8-20)31-27(29)36-26(24)32-35(28(36)39)14-13-33(3)17-23(38)34-11-9-22(37)10-12-34/h4-8,15-16,22,37H,9-14,17H2,1-3H3,(H2,29,30,31,32)/p+1. The van der Waals surface area contributed by atoms with Gasteiger partial charge in [-0.25, -0.2) is 9.89 Å². The lowest BCUT2D eigenvalue weighted by molar-refractivity contribution is -0.516. The van der Waals surface area contributed by atoms with Gasteiger partial charge in [0.05, 0.1) is 24.8 Å². The molecule has 0 unspecified atom stereocenters. The molecule has 1 saturated heterocycles. The van der Waals surface area contributed by atoms with E-state index in [9.17, 15) is 14.7 Å². The normalized spacial score (nSPS) is 14.4. The Bertz CT molecular complexity index is 1530. The van der Waals surface area contributed by atoms with Crippen molar-refractivity contribution >= 4 is 17.5 Å². The lowest BCUT2D eigenvalue weighted by Gasteiger charge is -2.30. The Labute approximate surface area is 226 Å². The summed E-state index contributed by atoms with van der Waals surface area (Å²) < 4.78 is 2.90. The van der Waals surface area contributed by atoms with E-state index < -0.39 is 0 Å². The number of aryl methyl sites for hydroxylation is 2. The molecule has 4 heterocycles. The van der Waals surface area contributed by atoms with Crippen molar-refractivity contribution in [3.05, 3.63) is 64.3 Å². The highest BCUT2D eigenvalue weighted by Gasteiger charge is 2.27. The molecule has 1 amide bonds. The van der Waals surface area contributed by atoms with Crippen LogP contribution in [0.25, 0.3) is 28.0 Å². The molecular formula is C28H35N8O3+. The summed E-state index contributed by atoms with van der Waals surface area (Å²) in [5.74, 6) is 0.111. The maximum Gasteiger partial charge on any atom is 0.428 e. The smallest absolute Gasteiger partial charge is 0.393 e. The van der Waals surface area contributed by atoms with Crippen LogP contribution in [0.1, 0.15) is 24.2 Å². The van der Waals surface area contributed by atoms with Crippen molar-refractivity contribution in [2.24, 2.45) is 0 Å². The predicted molar refractivity (Wildman–Crippen MR) is 148 cm³/mol. The second-order valence-corrected chi connectivity index (χ2v) is 10.3. The number of rotatable bonds is 7. The molecule has 1 aromatic carbocycles. The first kappa shape index (κ1) is 26.5. The highest BCUT2D eigenvalue weighted by molar-refractivity contribution is 5.88. The number of aromatic nitrogens is 5. The van der Waals surface area contributed by atoms with Crippen LogP contribution >= 0.6 is 0 Å². The number of benzene rings is 1. The molecule has 1 fully saturated rings. The summed E-state index contributed by atoms with van der Waals surface area (Å²) in [5.41, 5.74) is 11.5. The average Bonchev–Trinajstić information content (AvgIpc) is 3.24. The number of aliphatic hydroxyl groups is 1. The van der Waals surface area contributed by atoms with Gasteiger partial charge in [0.15, 0.2) is 0 Å². The predicted octanol–water partition coefficient (Wildman–Crippen LogP) is 1.15. The Morgan fingerprint density at radius 2 is 1.79 bits per heavy atom. The lowest BCUT2D eigenvalue weighted by atomic mass is 9.99. The number of nitrogens with two attached hydrogens (primary N) is 1. The first-order valence-corrected chi connectivity index (χ1v) is 13.2. The third kappa shape index (κ3) is 5.55. The zero-order valence-electron chi connectivity index (χ0n) is 22.6. The molecule has 4 N–H and O–H groups in total. The van der Waals surface area contributed by atoms with Crippen molar-refractivity contribution in [1.82, 2.24) is 29.5 Å². The number of hydrogen-bond acceptors (Lipinski definition) is 7. The van der Waals surface area contributed by atoms with Crippen molar-refractivity contribution in [2.45, 2.75) is 39.3 Å². The minimum absolute atomic E-state index is 0.0226. The molecule has 0 bridgehead atoms. The molecule has 11 nitrogen and oxygen atoms in total. The molecule has 11 heteroatoms. The molecule has 3 aromatic heterocycles. The number of piperidine rings is 1. The highest BCUT2D eigenvalue weighted by atomic mass is 16.3. The molecular weight excluding hydrogens is 496 g/mol. The van der Waals surface area contributed by atoms with Crippen LogP contribution in [0.2, 0.25) is 0 Å². The van der Waals surface area contributed by atoms with Gasteiger partial charge >= 0.3 is 11.6 Å². The Kier molecular flexibility index (Phi) is 7.45. The number of fused-ring (bicyclic) bond motifs is 1. The monoisotopic (exact) mass is 531 g/mol. The van der Waals surface area contributed by atoms with Gasteiger partial charge in [0.1, 0.15) is 5.69 Å². The zero-order chi connectivity index (χ0) is 27.7. The van der Waals surface area contributed by atoms with Crippen LogP contribution < -0.4 is 15.8 Å². The quantitative estimate of drug-likeness (QED) is 0.304. The van der Waals surface area contributed by atoms with Crippen LogP contribution in [0.5, 0.6) is 0 Å². The number of carbonyl (C=O) groups is 1. The lowest BCUT2D eigenvalue weighted by Crippen LogP contribution is -2.46. The van der Waals surface area contributed by atoms with Crippen LogP contribution in [0.3, 0.4) is 0 Å². The summed E-state index contributed by atoms with van der Waals surface area (Å²) in [6.45, 7) is 6.04. The number of hydrogen-bond donors (Lipinski definition) is 3. The van der Waals surface area contributed by atoms with Crippen LogP contribution in [-0.4, -0.2) is 79.9 Å². The fourth-order valence-corrected chi connectivity index (χ4v) is 5.16. The third-order valence-electron chi connectivity index (χ3n) is 7.16. The molecule has 39 heavy (non-hydrogen) atoms. The molecule has 0 atom stereocenters. The van der Waals surface area contributed by atoms with Gasteiger partial charge < -0.3 is 15.7 Å². The minimum atomic E-state index is -0.330. The number of likely N-dealkylation sites (tertiary alicyclic amines) is 1. The zero-order valence-corrected chi connectivity index (χ0v) is 22.6. The molecule has 1 aliphatic rings. The van der Waals surface area contributed by atoms with E-state index in [4.69, 9.17) is 5.73 Å². The van der Waals surface area contributed by atoms with Crippen molar-refractivity contribution in [3.63, 3.8) is 0 Å². The second-order valence-electron chi connectivity index (χ2n) is 10.3. The van der Waals surface area contributed by atoms with Crippen molar-refractivity contribution in [3.8, 4) is 22.4 Å². The van der Waals surface area contributed by atoms with E-state index in [-0.39, 0.29) is 30.2 Å².